The monoisotopic (exact) mass is 292 g/mol. The molecule has 0 saturated heterocycles. The van der Waals surface area contributed by atoms with Crippen LogP contribution < -0.4 is 0 Å². The molecule has 0 spiro atoms. The van der Waals surface area contributed by atoms with Gasteiger partial charge in [-0.1, -0.05) is 6.07 Å². The Bertz CT molecular complexity index is 544. The van der Waals surface area contributed by atoms with Crippen LogP contribution in [0.15, 0.2) is 18.2 Å². The molecule has 0 unspecified atom stereocenters. The van der Waals surface area contributed by atoms with Crippen LogP contribution in [0.3, 0.4) is 0 Å². The Kier molecular flexibility index (Phi) is 4.80. The fraction of sp³-hybridized carbons (Fsp3) is 0.467. The van der Waals surface area contributed by atoms with E-state index in [-0.39, 0.29) is 11.6 Å². The van der Waals surface area contributed by atoms with Gasteiger partial charge >= 0.3 is 12.0 Å². The van der Waals surface area contributed by atoms with Crippen LogP contribution in [0.5, 0.6) is 0 Å². The number of benzene rings is 1. The third kappa shape index (κ3) is 3.52. The molecule has 2 rings (SSSR count). The van der Waals surface area contributed by atoms with E-state index in [4.69, 9.17) is 9.84 Å². The third-order valence-corrected chi connectivity index (χ3v) is 3.69. The predicted octanol–water partition coefficient (Wildman–Crippen LogP) is 1.44. The molecule has 0 bridgehead atoms. The first-order valence-electron chi connectivity index (χ1n) is 6.87. The summed E-state index contributed by atoms with van der Waals surface area (Å²) in [5.41, 5.74) is 2.29. The van der Waals surface area contributed by atoms with E-state index in [9.17, 15) is 9.59 Å². The van der Waals surface area contributed by atoms with Gasteiger partial charge in [0.2, 0.25) is 0 Å². The molecule has 6 heteroatoms. The fourth-order valence-electron chi connectivity index (χ4n) is 2.42. The van der Waals surface area contributed by atoms with Crippen LogP contribution in [-0.4, -0.2) is 60.8 Å². The van der Waals surface area contributed by atoms with E-state index in [0.29, 0.717) is 26.2 Å². The van der Waals surface area contributed by atoms with Crippen molar-refractivity contribution in [3.63, 3.8) is 0 Å². The number of carboxylic acids is 1. The molecule has 2 amide bonds. The minimum atomic E-state index is -0.946. The second-order valence-electron chi connectivity index (χ2n) is 5.16. The maximum atomic E-state index is 12.3. The Balaban J connectivity index is 2.09. The fourth-order valence-corrected chi connectivity index (χ4v) is 2.42. The van der Waals surface area contributed by atoms with Gasteiger partial charge in [-0.25, -0.2) is 9.59 Å². The highest BCUT2D eigenvalue weighted by Crippen LogP contribution is 2.21. The second kappa shape index (κ2) is 6.58. The van der Waals surface area contributed by atoms with Gasteiger partial charge in [0.15, 0.2) is 0 Å². The summed E-state index contributed by atoms with van der Waals surface area (Å²) in [6.45, 7) is 2.13. The Hall–Kier alpha value is -2.08. The molecule has 1 aliphatic heterocycles. The summed E-state index contributed by atoms with van der Waals surface area (Å²) in [6, 6.07) is 5.06. The maximum Gasteiger partial charge on any atom is 0.335 e. The molecule has 0 aromatic heterocycles. The number of carbonyl (C=O) groups is 2. The Morgan fingerprint density at radius 1 is 1.38 bits per heavy atom. The van der Waals surface area contributed by atoms with Gasteiger partial charge < -0.3 is 19.6 Å². The molecule has 1 aromatic rings. The SMILES string of the molecule is COCCN(C)C(=O)N1CCc2ccc(C(=O)O)cc2C1. The van der Waals surface area contributed by atoms with Crippen molar-refractivity contribution in [2.45, 2.75) is 13.0 Å². The van der Waals surface area contributed by atoms with E-state index < -0.39 is 5.97 Å². The zero-order valence-corrected chi connectivity index (χ0v) is 12.3. The molecule has 1 aromatic carbocycles. The molecule has 0 radical (unpaired) electrons. The summed E-state index contributed by atoms with van der Waals surface area (Å²) in [6.07, 6.45) is 0.749. The molecule has 0 fully saturated rings. The van der Waals surface area contributed by atoms with Crippen LogP contribution in [0, 0.1) is 0 Å². The first-order valence-corrected chi connectivity index (χ1v) is 6.87. The number of urea groups is 1. The van der Waals surface area contributed by atoms with E-state index in [1.165, 1.54) is 0 Å². The first-order chi connectivity index (χ1) is 10.0. The van der Waals surface area contributed by atoms with Crippen molar-refractivity contribution >= 4 is 12.0 Å². The van der Waals surface area contributed by atoms with Gasteiger partial charge in [0.1, 0.15) is 0 Å². The minimum Gasteiger partial charge on any atom is -0.478 e. The molecule has 114 valence electrons. The smallest absolute Gasteiger partial charge is 0.335 e. The van der Waals surface area contributed by atoms with Gasteiger partial charge in [-0.3, -0.25) is 0 Å². The van der Waals surface area contributed by atoms with Crippen molar-refractivity contribution in [2.75, 3.05) is 33.9 Å². The molecule has 1 N–H and O–H groups in total. The van der Waals surface area contributed by atoms with E-state index in [1.54, 1.807) is 36.1 Å². The lowest BCUT2D eigenvalue weighted by atomic mass is 9.97. The summed E-state index contributed by atoms with van der Waals surface area (Å²) >= 11 is 0. The van der Waals surface area contributed by atoms with Crippen LogP contribution in [0.4, 0.5) is 4.79 Å². The van der Waals surface area contributed by atoms with Crippen LogP contribution in [-0.2, 0) is 17.7 Å². The predicted molar refractivity (Wildman–Crippen MR) is 77.4 cm³/mol. The topological polar surface area (TPSA) is 70.1 Å². The van der Waals surface area contributed by atoms with E-state index in [1.807, 2.05) is 6.07 Å². The lowest BCUT2D eigenvalue weighted by Crippen LogP contribution is -2.44. The normalized spacial score (nSPS) is 13.7. The maximum absolute atomic E-state index is 12.3. The highest BCUT2D eigenvalue weighted by atomic mass is 16.5. The zero-order valence-electron chi connectivity index (χ0n) is 12.3. The minimum absolute atomic E-state index is 0.0570. The lowest BCUT2D eigenvalue weighted by molar-refractivity contribution is 0.0696. The highest BCUT2D eigenvalue weighted by molar-refractivity contribution is 5.88. The number of nitrogens with zero attached hydrogens (tertiary/aromatic N) is 2. The second-order valence-corrected chi connectivity index (χ2v) is 5.16. The molecule has 6 nitrogen and oxygen atoms in total. The molecular formula is C15H20N2O4. The molecule has 0 saturated carbocycles. The first kappa shape index (κ1) is 15.3. The molecular weight excluding hydrogens is 272 g/mol. The van der Waals surface area contributed by atoms with Crippen molar-refractivity contribution in [1.82, 2.24) is 9.80 Å². The van der Waals surface area contributed by atoms with E-state index >= 15 is 0 Å². The Morgan fingerprint density at radius 3 is 2.81 bits per heavy atom. The van der Waals surface area contributed by atoms with Crippen LogP contribution in [0.1, 0.15) is 21.5 Å². The summed E-state index contributed by atoms with van der Waals surface area (Å²) in [5, 5.41) is 9.04. The van der Waals surface area contributed by atoms with E-state index in [0.717, 1.165) is 17.5 Å². The Labute approximate surface area is 123 Å². The van der Waals surface area contributed by atoms with Gasteiger partial charge in [0.25, 0.3) is 0 Å². The molecule has 21 heavy (non-hydrogen) atoms. The average Bonchev–Trinajstić information content (AvgIpc) is 2.50. The molecule has 1 aliphatic rings. The van der Waals surface area contributed by atoms with Crippen molar-refractivity contribution in [3.8, 4) is 0 Å². The summed E-state index contributed by atoms with van der Waals surface area (Å²) < 4.78 is 4.97. The summed E-state index contributed by atoms with van der Waals surface area (Å²) in [4.78, 5) is 26.7. The van der Waals surface area contributed by atoms with Crippen LogP contribution in [0.2, 0.25) is 0 Å². The number of carboxylic acid groups (broad SMARTS) is 1. The standard InChI is InChI=1S/C15H20N2O4/c1-16(7-8-21-2)15(20)17-6-5-11-3-4-12(14(18)19)9-13(11)10-17/h3-4,9H,5-8,10H2,1-2H3,(H,18,19). The van der Waals surface area contributed by atoms with Crippen molar-refractivity contribution in [1.29, 1.82) is 0 Å². The third-order valence-electron chi connectivity index (χ3n) is 3.69. The largest absolute Gasteiger partial charge is 0.478 e. The molecule has 0 aliphatic carbocycles. The van der Waals surface area contributed by atoms with Crippen molar-refractivity contribution in [3.05, 3.63) is 34.9 Å². The van der Waals surface area contributed by atoms with Crippen molar-refractivity contribution in [2.24, 2.45) is 0 Å². The average molecular weight is 292 g/mol. The van der Waals surface area contributed by atoms with Gasteiger partial charge in [-0.15, -0.1) is 0 Å². The van der Waals surface area contributed by atoms with Gasteiger partial charge in [0.05, 0.1) is 12.2 Å². The quantitative estimate of drug-likeness (QED) is 0.911. The van der Waals surface area contributed by atoms with Crippen molar-refractivity contribution < 1.29 is 19.4 Å². The number of amides is 2. The summed E-state index contributed by atoms with van der Waals surface area (Å²) in [7, 11) is 3.34. The number of rotatable bonds is 4. The number of likely N-dealkylation sites (N-methyl/N-ethyl adjacent to an activating group) is 1. The number of carbonyl (C=O) groups excluding carboxylic acids is 1. The molecule has 1 heterocycles. The number of ether oxygens (including phenoxy) is 1. The number of fused-ring (bicyclic) bond motifs is 1. The van der Waals surface area contributed by atoms with Crippen LogP contribution >= 0.6 is 0 Å². The van der Waals surface area contributed by atoms with Gasteiger partial charge in [-0.05, 0) is 29.7 Å². The van der Waals surface area contributed by atoms with Gasteiger partial charge in [-0.2, -0.15) is 0 Å². The highest BCUT2D eigenvalue weighted by Gasteiger charge is 2.23. The Morgan fingerprint density at radius 2 is 2.14 bits per heavy atom. The van der Waals surface area contributed by atoms with Gasteiger partial charge in [0, 0.05) is 33.8 Å². The lowest BCUT2D eigenvalue weighted by Gasteiger charge is -2.32. The number of hydrogen-bond acceptors (Lipinski definition) is 3. The number of methoxy groups -OCH3 is 1. The summed E-state index contributed by atoms with van der Waals surface area (Å²) in [5.74, 6) is -0.946. The van der Waals surface area contributed by atoms with Crippen LogP contribution in [0.25, 0.3) is 0 Å². The number of hydrogen-bond donors (Lipinski definition) is 1. The zero-order chi connectivity index (χ0) is 15.4. The molecule has 0 atom stereocenters. The number of aromatic carboxylic acids is 1. The van der Waals surface area contributed by atoms with E-state index in [2.05, 4.69) is 0 Å².